The van der Waals surface area contributed by atoms with Gasteiger partial charge in [0.25, 0.3) is 0 Å². The molecule has 0 fully saturated rings. The Hall–Kier alpha value is -1.11. The first-order chi connectivity index (χ1) is 9.29. The molecule has 106 valence electrons. The minimum absolute atomic E-state index is 0.0241. The van der Waals surface area contributed by atoms with Crippen molar-refractivity contribution in [3.63, 3.8) is 0 Å². The average molecular weight is 379 g/mol. The van der Waals surface area contributed by atoms with E-state index in [1.54, 1.807) is 6.07 Å². The predicted molar refractivity (Wildman–Crippen MR) is 80.9 cm³/mol. The molecule has 0 spiro atoms. The fourth-order valence-electron chi connectivity index (χ4n) is 1.73. The Balaban J connectivity index is 2.38. The largest absolute Gasteiger partial charge is 0.398 e. The van der Waals surface area contributed by atoms with Crippen molar-refractivity contribution in [1.29, 1.82) is 0 Å². The molecule has 2 rings (SSSR count). The highest BCUT2D eigenvalue weighted by molar-refractivity contribution is 9.10. The van der Waals surface area contributed by atoms with Crippen molar-refractivity contribution in [3.05, 3.63) is 57.3 Å². The molecule has 0 saturated heterocycles. The summed E-state index contributed by atoms with van der Waals surface area (Å²) < 4.78 is 38.6. The van der Waals surface area contributed by atoms with E-state index in [1.807, 2.05) is 0 Å². The Bertz CT molecular complexity index is 765. The highest BCUT2D eigenvalue weighted by Crippen LogP contribution is 2.26. The van der Waals surface area contributed by atoms with Gasteiger partial charge in [-0.25, -0.2) is 12.8 Å². The Morgan fingerprint density at radius 2 is 1.90 bits per heavy atom. The minimum atomic E-state index is -3.65. The van der Waals surface area contributed by atoms with Crippen molar-refractivity contribution in [1.82, 2.24) is 0 Å². The zero-order valence-electron chi connectivity index (χ0n) is 10.1. The SMILES string of the molecule is Nc1cc(Br)ccc1S(=O)(=O)Cc1ccc(Cl)c(F)c1. The summed E-state index contributed by atoms with van der Waals surface area (Å²) in [5.74, 6) is -0.990. The summed E-state index contributed by atoms with van der Waals surface area (Å²) in [6, 6.07) is 8.42. The number of halogens is 3. The first-order valence-corrected chi connectivity index (χ1v) is 8.33. The van der Waals surface area contributed by atoms with Crippen molar-refractivity contribution < 1.29 is 12.8 Å². The van der Waals surface area contributed by atoms with E-state index < -0.39 is 15.7 Å². The molecule has 0 aromatic heterocycles. The molecule has 0 heterocycles. The second-order valence-electron chi connectivity index (χ2n) is 4.19. The Morgan fingerprint density at radius 3 is 2.50 bits per heavy atom. The van der Waals surface area contributed by atoms with Gasteiger partial charge in [-0.15, -0.1) is 0 Å². The van der Waals surface area contributed by atoms with Crippen molar-refractivity contribution in [2.24, 2.45) is 0 Å². The molecule has 0 saturated carbocycles. The van der Waals surface area contributed by atoms with Gasteiger partial charge in [0.05, 0.1) is 21.4 Å². The molecular weight excluding hydrogens is 369 g/mol. The molecule has 2 N–H and O–H groups in total. The van der Waals surface area contributed by atoms with E-state index in [0.29, 0.717) is 10.0 Å². The summed E-state index contributed by atoms with van der Waals surface area (Å²) in [5, 5.41) is -0.0469. The third kappa shape index (κ3) is 3.31. The zero-order valence-corrected chi connectivity index (χ0v) is 13.3. The maximum Gasteiger partial charge on any atom is 0.184 e. The lowest BCUT2D eigenvalue weighted by Crippen LogP contribution is -2.08. The monoisotopic (exact) mass is 377 g/mol. The molecular formula is C13H10BrClFNO2S. The maximum absolute atomic E-state index is 13.3. The van der Waals surface area contributed by atoms with Crippen molar-refractivity contribution >= 4 is 43.1 Å². The minimum Gasteiger partial charge on any atom is -0.398 e. The van der Waals surface area contributed by atoms with Crippen LogP contribution in [0, 0.1) is 5.82 Å². The van der Waals surface area contributed by atoms with Gasteiger partial charge in [-0.3, -0.25) is 0 Å². The van der Waals surface area contributed by atoms with E-state index in [1.165, 1.54) is 24.3 Å². The standard InChI is InChI=1S/C13H10BrClFNO2S/c14-9-2-4-13(12(17)6-9)20(18,19)7-8-1-3-10(15)11(16)5-8/h1-6H,7,17H2. The van der Waals surface area contributed by atoms with Gasteiger partial charge in [0, 0.05) is 4.47 Å². The van der Waals surface area contributed by atoms with E-state index >= 15 is 0 Å². The summed E-state index contributed by atoms with van der Waals surface area (Å²) in [7, 11) is -3.65. The average Bonchev–Trinajstić information content (AvgIpc) is 2.33. The quantitative estimate of drug-likeness (QED) is 0.827. The first kappa shape index (κ1) is 15.3. The molecule has 0 amide bonds. The Morgan fingerprint density at radius 1 is 1.20 bits per heavy atom. The highest BCUT2D eigenvalue weighted by Gasteiger charge is 2.19. The third-order valence-corrected chi connectivity index (χ3v) is 5.20. The molecule has 3 nitrogen and oxygen atoms in total. The fourth-order valence-corrected chi connectivity index (χ4v) is 3.69. The molecule has 0 radical (unpaired) electrons. The Labute approximate surface area is 129 Å². The lowest BCUT2D eigenvalue weighted by Gasteiger charge is -2.08. The van der Waals surface area contributed by atoms with E-state index in [4.69, 9.17) is 17.3 Å². The van der Waals surface area contributed by atoms with E-state index in [2.05, 4.69) is 15.9 Å². The van der Waals surface area contributed by atoms with Crippen LogP contribution in [0.25, 0.3) is 0 Å². The van der Waals surface area contributed by atoms with E-state index in [9.17, 15) is 12.8 Å². The van der Waals surface area contributed by atoms with Gasteiger partial charge in [0.2, 0.25) is 0 Å². The predicted octanol–water partition coefficient (Wildman–Crippen LogP) is 3.80. The molecule has 0 bridgehead atoms. The van der Waals surface area contributed by atoms with Gasteiger partial charge in [-0.2, -0.15) is 0 Å². The van der Waals surface area contributed by atoms with Crippen LogP contribution in [-0.4, -0.2) is 8.42 Å². The van der Waals surface area contributed by atoms with Crippen LogP contribution in [0.5, 0.6) is 0 Å². The van der Waals surface area contributed by atoms with Crippen LogP contribution in [0.1, 0.15) is 5.56 Å². The number of anilines is 1. The first-order valence-electron chi connectivity index (χ1n) is 5.51. The lowest BCUT2D eigenvalue weighted by molar-refractivity contribution is 0.595. The molecule has 2 aromatic carbocycles. The van der Waals surface area contributed by atoms with Gasteiger partial charge in [-0.1, -0.05) is 33.6 Å². The number of nitrogens with two attached hydrogens (primary N) is 1. The number of hydrogen-bond donors (Lipinski definition) is 1. The van der Waals surface area contributed by atoms with Gasteiger partial charge >= 0.3 is 0 Å². The number of hydrogen-bond acceptors (Lipinski definition) is 3. The molecule has 7 heteroatoms. The van der Waals surface area contributed by atoms with E-state index in [0.717, 1.165) is 6.07 Å². The van der Waals surface area contributed by atoms with Crippen LogP contribution in [0.2, 0.25) is 5.02 Å². The molecule has 2 aromatic rings. The maximum atomic E-state index is 13.3. The van der Waals surface area contributed by atoms with Gasteiger partial charge in [0.15, 0.2) is 9.84 Å². The summed E-state index contributed by atoms with van der Waals surface area (Å²) in [6.45, 7) is 0. The normalized spacial score (nSPS) is 11.6. The topological polar surface area (TPSA) is 60.2 Å². The van der Waals surface area contributed by atoms with Gasteiger partial charge in [0.1, 0.15) is 5.82 Å². The second kappa shape index (κ2) is 5.71. The third-order valence-electron chi connectivity index (χ3n) is 2.65. The van der Waals surface area contributed by atoms with Crippen molar-refractivity contribution in [2.45, 2.75) is 10.6 Å². The van der Waals surface area contributed by atoms with Crippen LogP contribution in [-0.2, 0) is 15.6 Å². The number of nitrogen functional groups attached to an aromatic ring is 1. The van der Waals surface area contributed by atoms with Crippen molar-refractivity contribution in [3.8, 4) is 0 Å². The fraction of sp³-hybridized carbons (Fsp3) is 0.0769. The highest BCUT2D eigenvalue weighted by atomic mass is 79.9. The molecule has 20 heavy (non-hydrogen) atoms. The summed E-state index contributed by atoms with van der Waals surface area (Å²) in [6.07, 6.45) is 0. The molecule has 0 atom stereocenters. The number of rotatable bonds is 3. The van der Waals surface area contributed by atoms with Crippen LogP contribution in [0.3, 0.4) is 0 Å². The van der Waals surface area contributed by atoms with Gasteiger partial charge < -0.3 is 5.73 Å². The lowest BCUT2D eigenvalue weighted by atomic mass is 10.2. The number of sulfone groups is 1. The number of benzene rings is 2. The molecule has 0 aliphatic rings. The molecule has 0 unspecified atom stereocenters. The van der Waals surface area contributed by atoms with E-state index in [-0.39, 0.29) is 21.4 Å². The van der Waals surface area contributed by atoms with Crippen LogP contribution in [0.15, 0.2) is 45.8 Å². The van der Waals surface area contributed by atoms with Gasteiger partial charge in [-0.05, 0) is 35.9 Å². The smallest absolute Gasteiger partial charge is 0.184 e. The van der Waals surface area contributed by atoms with Crippen LogP contribution in [0.4, 0.5) is 10.1 Å². The zero-order chi connectivity index (χ0) is 14.9. The van der Waals surface area contributed by atoms with Crippen LogP contribution >= 0.6 is 27.5 Å². The van der Waals surface area contributed by atoms with Crippen LogP contribution < -0.4 is 5.73 Å². The molecule has 0 aliphatic carbocycles. The van der Waals surface area contributed by atoms with Crippen molar-refractivity contribution in [2.75, 3.05) is 5.73 Å². The summed E-state index contributed by atoms with van der Waals surface area (Å²) in [5.41, 5.74) is 6.17. The molecule has 0 aliphatic heterocycles. The summed E-state index contributed by atoms with van der Waals surface area (Å²) in [4.78, 5) is 0.0241. The Kier molecular flexibility index (Phi) is 4.36. The summed E-state index contributed by atoms with van der Waals surface area (Å²) >= 11 is 8.77. The second-order valence-corrected chi connectivity index (χ2v) is 7.47.